The van der Waals surface area contributed by atoms with Crippen molar-refractivity contribution in [3.05, 3.63) is 101 Å². The fourth-order valence-electron chi connectivity index (χ4n) is 5.29. The number of piperazine rings is 1. The summed E-state index contributed by atoms with van der Waals surface area (Å²) in [7, 11) is 2.88. The molecule has 0 saturated carbocycles. The van der Waals surface area contributed by atoms with Crippen LogP contribution in [0.3, 0.4) is 0 Å². The molecule has 0 aliphatic carbocycles. The minimum Gasteiger partial charge on any atom is -0.368 e. The van der Waals surface area contributed by atoms with Gasteiger partial charge in [-0.2, -0.15) is 0 Å². The Bertz CT molecular complexity index is 1260. The fourth-order valence-corrected chi connectivity index (χ4v) is 5.29. The number of methoxy groups -OCH3 is 2. The number of rotatable bonds is 7. The molecule has 0 aromatic heterocycles. The van der Waals surface area contributed by atoms with Gasteiger partial charge in [-0.05, 0) is 24.6 Å². The number of carbonyl (C=O) groups is 2. The second-order valence-corrected chi connectivity index (χ2v) is 9.25. The minimum atomic E-state index is -1.65. The molecule has 5 rings (SSSR count). The second-order valence-electron chi connectivity index (χ2n) is 9.25. The van der Waals surface area contributed by atoms with Gasteiger partial charge >= 0.3 is 0 Å². The van der Waals surface area contributed by atoms with Gasteiger partial charge in [0.2, 0.25) is 0 Å². The van der Waals surface area contributed by atoms with Crippen molar-refractivity contribution in [3.63, 3.8) is 0 Å². The fraction of sp³-hybridized carbons (Fsp3) is 0.310. The third-order valence-electron chi connectivity index (χ3n) is 7.08. The number of nitrogens with zero attached hydrogens (tertiary/aromatic N) is 3. The Labute approximate surface area is 211 Å². The topological polar surface area (TPSA) is 62.3 Å². The van der Waals surface area contributed by atoms with Crippen LogP contribution in [0.2, 0.25) is 0 Å². The number of anilines is 1. The van der Waals surface area contributed by atoms with E-state index in [2.05, 4.69) is 41.0 Å². The first-order valence-electron chi connectivity index (χ1n) is 12.2. The van der Waals surface area contributed by atoms with E-state index in [-0.39, 0.29) is 0 Å². The normalized spacial score (nSPS) is 16.5. The SMILES string of the molecule is COC(OC)(c1ccccc1)N1C(=O)c2cccc(N3CCN(Cc4cccc(C)c4)CC3)c2C1=O. The van der Waals surface area contributed by atoms with Gasteiger partial charge in [0.05, 0.1) is 16.8 Å². The van der Waals surface area contributed by atoms with Crippen molar-refractivity contribution >= 4 is 17.5 Å². The summed E-state index contributed by atoms with van der Waals surface area (Å²) < 4.78 is 11.5. The predicted molar refractivity (Wildman–Crippen MR) is 138 cm³/mol. The third-order valence-corrected chi connectivity index (χ3v) is 7.08. The quantitative estimate of drug-likeness (QED) is 0.372. The lowest BCUT2D eigenvalue weighted by Gasteiger charge is -2.38. The number of amides is 2. The van der Waals surface area contributed by atoms with E-state index in [0.29, 0.717) is 16.7 Å². The summed E-state index contributed by atoms with van der Waals surface area (Å²) in [6.45, 7) is 6.28. The summed E-state index contributed by atoms with van der Waals surface area (Å²) in [5, 5.41) is 0. The van der Waals surface area contributed by atoms with Crippen molar-refractivity contribution in [2.24, 2.45) is 0 Å². The number of ether oxygens (including phenoxy) is 2. The molecule has 3 aromatic rings. The number of hydrogen-bond acceptors (Lipinski definition) is 6. The van der Waals surface area contributed by atoms with Crippen molar-refractivity contribution in [1.29, 1.82) is 0 Å². The highest BCUT2D eigenvalue weighted by Crippen LogP contribution is 2.40. The zero-order chi connectivity index (χ0) is 25.3. The molecule has 2 aliphatic rings. The Morgan fingerprint density at radius 2 is 1.50 bits per heavy atom. The Balaban J connectivity index is 1.40. The molecule has 2 heterocycles. The lowest BCUT2D eigenvalue weighted by atomic mass is 10.1. The van der Waals surface area contributed by atoms with Gasteiger partial charge in [0, 0.05) is 52.5 Å². The van der Waals surface area contributed by atoms with E-state index < -0.39 is 17.7 Å². The van der Waals surface area contributed by atoms with Crippen LogP contribution in [0.4, 0.5) is 5.69 Å². The number of aryl methyl sites for hydroxylation is 1. The molecule has 1 saturated heterocycles. The molecule has 36 heavy (non-hydrogen) atoms. The van der Waals surface area contributed by atoms with Crippen molar-refractivity contribution in [2.45, 2.75) is 19.4 Å². The van der Waals surface area contributed by atoms with Gasteiger partial charge in [-0.1, -0.05) is 66.2 Å². The Hall–Kier alpha value is -3.52. The summed E-state index contributed by atoms with van der Waals surface area (Å²) in [6.07, 6.45) is 0. The van der Waals surface area contributed by atoms with E-state index in [4.69, 9.17) is 9.47 Å². The molecule has 7 nitrogen and oxygen atoms in total. The molecule has 1 fully saturated rings. The number of carbonyl (C=O) groups excluding carboxylic acids is 2. The Morgan fingerprint density at radius 3 is 2.17 bits per heavy atom. The first-order valence-corrected chi connectivity index (χ1v) is 12.2. The van der Waals surface area contributed by atoms with Gasteiger partial charge in [-0.15, -0.1) is 0 Å². The highest BCUT2D eigenvalue weighted by Gasteiger charge is 2.52. The van der Waals surface area contributed by atoms with Gasteiger partial charge in [0.1, 0.15) is 0 Å². The minimum absolute atomic E-state index is 0.370. The van der Waals surface area contributed by atoms with E-state index in [1.165, 1.54) is 25.3 Å². The van der Waals surface area contributed by atoms with Crippen LogP contribution in [-0.4, -0.2) is 62.0 Å². The summed E-state index contributed by atoms with van der Waals surface area (Å²) in [5.41, 5.74) is 4.68. The molecule has 0 atom stereocenters. The maximum absolute atomic E-state index is 13.9. The maximum atomic E-state index is 13.9. The molecule has 0 N–H and O–H groups in total. The standard InChI is InChI=1S/C29H31N3O4/c1-21-9-7-10-22(19-21)20-30-15-17-31(18-16-30)25-14-8-13-24-26(25)28(34)32(27(24)33)29(35-2,36-3)23-11-5-4-6-12-23/h4-14,19H,15-18,20H2,1-3H3. The molecular weight excluding hydrogens is 454 g/mol. The van der Waals surface area contributed by atoms with Crippen LogP contribution in [0.25, 0.3) is 0 Å². The molecule has 2 amide bonds. The van der Waals surface area contributed by atoms with Crippen molar-refractivity contribution < 1.29 is 19.1 Å². The first-order chi connectivity index (χ1) is 17.5. The molecular formula is C29H31N3O4. The summed E-state index contributed by atoms with van der Waals surface area (Å²) in [5.74, 6) is -2.50. The highest BCUT2D eigenvalue weighted by molar-refractivity contribution is 6.24. The van der Waals surface area contributed by atoms with Crippen LogP contribution in [0.15, 0.2) is 72.8 Å². The molecule has 0 unspecified atom stereocenters. The Morgan fingerprint density at radius 1 is 0.806 bits per heavy atom. The van der Waals surface area contributed by atoms with Crippen LogP contribution in [0.1, 0.15) is 37.4 Å². The molecule has 3 aromatic carbocycles. The molecule has 186 valence electrons. The van der Waals surface area contributed by atoms with Gasteiger partial charge < -0.3 is 14.4 Å². The van der Waals surface area contributed by atoms with Crippen LogP contribution >= 0.6 is 0 Å². The van der Waals surface area contributed by atoms with E-state index >= 15 is 0 Å². The number of benzene rings is 3. The van der Waals surface area contributed by atoms with Crippen molar-refractivity contribution in [2.75, 3.05) is 45.3 Å². The van der Waals surface area contributed by atoms with Crippen LogP contribution in [0, 0.1) is 6.92 Å². The Kier molecular flexibility index (Phi) is 6.62. The second kappa shape index (κ2) is 9.85. The van der Waals surface area contributed by atoms with E-state index in [1.807, 2.05) is 30.3 Å². The summed E-state index contributed by atoms with van der Waals surface area (Å²) in [4.78, 5) is 33.2. The lowest BCUT2D eigenvalue weighted by molar-refractivity contribution is -0.274. The monoisotopic (exact) mass is 485 g/mol. The van der Waals surface area contributed by atoms with Gasteiger partial charge in [-0.3, -0.25) is 14.5 Å². The highest BCUT2D eigenvalue weighted by atomic mass is 16.7. The van der Waals surface area contributed by atoms with Crippen molar-refractivity contribution in [1.82, 2.24) is 9.80 Å². The number of imide groups is 1. The third kappa shape index (κ3) is 4.09. The van der Waals surface area contributed by atoms with Crippen molar-refractivity contribution in [3.8, 4) is 0 Å². The van der Waals surface area contributed by atoms with E-state index in [1.54, 1.807) is 18.2 Å². The van der Waals surface area contributed by atoms with Crippen LogP contribution in [-0.2, 0) is 21.9 Å². The molecule has 0 bridgehead atoms. The van der Waals surface area contributed by atoms with E-state index in [9.17, 15) is 9.59 Å². The maximum Gasteiger partial charge on any atom is 0.289 e. The van der Waals surface area contributed by atoms with Crippen LogP contribution < -0.4 is 4.90 Å². The van der Waals surface area contributed by atoms with Gasteiger partial charge in [0.25, 0.3) is 17.7 Å². The average molecular weight is 486 g/mol. The van der Waals surface area contributed by atoms with Gasteiger partial charge in [0.15, 0.2) is 0 Å². The number of hydrogen-bond donors (Lipinski definition) is 0. The largest absolute Gasteiger partial charge is 0.368 e. The molecule has 2 aliphatic heterocycles. The zero-order valence-corrected chi connectivity index (χ0v) is 20.9. The lowest BCUT2D eigenvalue weighted by Crippen LogP contribution is -2.52. The molecule has 0 radical (unpaired) electrons. The van der Waals surface area contributed by atoms with E-state index in [0.717, 1.165) is 43.3 Å². The molecule has 0 spiro atoms. The number of fused-ring (bicyclic) bond motifs is 1. The van der Waals surface area contributed by atoms with Gasteiger partial charge in [-0.25, -0.2) is 4.90 Å². The summed E-state index contributed by atoms with van der Waals surface area (Å²) in [6, 6.07) is 23.1. The average Bonchev–Trinajstić information content (AvgIpc) is 3.17. The molecule has 7 heteroatoms. The first kappa shape index (κ1) is 24.2. The zero-order valence-electron chi connectivity index (χ0n) is 20.9. The van der Waals surface area contributed by atoms with Crippen LogP contribution in [0.5, 0.6) is 0 Å². The summed E-state index contributed by atoms with van der Waals surface area (Å²) >= 11 is 0. The predicted octanol–water partition coefficient (Wildman–Crippen LogP) is 4.02. The smallest absolute Gasteiger partial charge is 0.289 e.